The molecular formula is C25H30F2N4O4S. The van der Waals surface area contributed by atoms with Crippen molar-refractivity contribution in [2.45, 2.75) is 63.4 Å². The van der Waals surface area contributed by atoms with E-state index in [9.17, 15) is 17.2 Å². The minimum Gasteiger partial charge on any atom is -0.472 e. The maximum absolute atomic E-state index is 13.0. The maximum Gasteiger partial charge on any atom is 0.272 e. The van der Waals surface area contributed by atoms with Crippen LogP contribution in [0.5, 0.6) is 5.88 Å². The predicted octanol–water partition coefficient (Wildman–Crippen LogP) is 4.93. The summed E-state index contributed by atoms with van der Waals surface area (Å²) in [6, 6.07) is 10.1. The summed E-state index contributed by atoms with van der Waals surface area (Å²) in [6.07, 6.45) is -0.163. The Morgan fingerprint density at radius 3 is 2.58 bits per heavy atom. The highest BCUT2D eigenvalue weighted by atomic mass is 32.2. The lowest BCUT2D eigenvalue weighted by Crippen LogP contribution is -2.33. The smallest absolute Gasteiger partial charge is 0.272 e. The summed E-state index contributed by atoms with van der Waals surface area (Å²) in [4.78, 5) is 6.50. The molecule has 0 amide bonds. The van der Waals surface area contributed by atoms with Crippen LogP contribution < -0.4 is 9.46 Å². The summed E-state index contributed by atoms with van der Waals surface area (Å²) in [7, 11) is -3.85. The Morgan fingerprint density at radius 2 is 1.94 bits per heavy atom. The lowest BCUT2D eigenvalue weighted by atomic mass is 9.93. The van der Waals surface area contributed by atoms with Gasteiger partial charge in [0.25, 0.3) is 16.4 Å². The monoisotopic (exact) mass is 520 g/mol. The number of pyridine rings is 1. The highest BCUT2D eigenvalue weighted by Crippen LogP contribution is 2.30. The molecule has 0 fully saturated rings. The van der Waals surface area contributed by atoms with Crippen LogP contribution in [0.25, 0.3) is 0 Å². The normalized spacial score (nSPS) is 15.5. The standard InChI is InChI=1S/C25H30F2N4O4S/c1-16(18-6-8-24(28-13-18)34-15-22(26)27)31-10-9-17-5-7-20(11-19(17)14-31)36(32,33)30-23-12-21(35-29-23)25(2,3)4/h5-8,11-13,16,22H,9-10,14-15H2,1-4H3,(H,29,30)/t16-/m1/s1. The fourth-order valence-corrected chi connectivity index (χ4v) is 5.04. The quantitative estimate of drug-likeness (QED) is 0.450. The number of anilines is 1. The molecule has 1 N–H and O–H groups in total. The van der Waals surface area contributed by atoms with E-state index in [2.05, 4.69) is 19.8 Å². The number of aromatic nitrogens is 2. The van der Waals surface area contributed by atoms with E-state index in [1.165, 1.54) is 0 Å². The molecule has 0 aliphatic carbocycles. The first-order chi connectivity index (χ1) is 16.9. The first kappa shape index (κ1) is 26.0. The number of hydrogen-bond acceptors (Lipinski definition) is 7. The summed E-state index contributed by atoms with van der Waals surface area (Å²) < 4.78 is 63.5. The summed E-state index contributed by atoms with van der Waals surface area (Å²) in [6.45, 7) is 8.54. The van der Waals surface area contributed by atoms with Gasteiger partial charge in [0.05, 0.1) is 4.90 Å². The van der Waals surface area contributed by atoms with Gasteiger partial charge in [0.1, 0.15) is 5.76 Å². The number of hydrogen-bond donors (Lipinski definition) is 1. The van der Waals surface area contributed by atoms with Crippen LogP contribution in [0.15, 0.2) is 52.0 Å². The van der Waals surface area contributed by atoms with E-state index in [1.807, 2.05) is 39.8 Å². The molecule has 0 bridgehead atoms. The number of halogens is 2. The second-order valence-corrected chi connectivity index (χ2v) is 11.6. The van der Waals surface area contributed by atoms with Gasteiger partial charge in [-0.05, 0) is 42.2 Å². The van der Waals surface area contributed by atoms with E-state index in [-0.39, 0.29) is 28.1 Å². The Hall–Kier alpha value is -3.05. The number of ether oxygens (including phenoxy) is 1. The number of benzene rings is 1. The van der Waals surface area contributed by atoms with Crippen molar-refractivity contribution >= 4 is 15.8 Å². The van der Waals surface area contributed by atoms with Crippen molar-refractivity contribution in [2.24, 2.45) is 0 Å². The van der Waals surface area contributed by atoms with Crippen LogP contribution in [0.1, 0.15) is 56.2 Å². The number of rotatable bonds is 8. The van der Waals surface area contributed by atoms with Gasteiger partial charge in [-0.1, -0.05) is 38.1 Å². The van der Waals surface area contributed by atoms with Gasteiger partial charge in [0.2, 0.25) is 5.88 Å². The third-order valence-electron chi connectivity index (χ3n) is 6.16. The van der Waals surface area contributed by atoms with Gasteiger partial charge in [-0.15, -0.1) is 0 Å². The molecule has 36 heavy (non-hydrogen) atoms. The minimum absolute atomic E-state index is 0.0147. The molecule has 0 unspecified atom stereocenters. The minimum atomic E-state index is -3.85. The highest BCUT2D eigenvalue weighted by Gasteiger charge is 2.26. The Labute approximate surface area is 209 Å². The SMILES string of the molecule is C[C@H](c1ccc(OCC(F)F)nc1)N1CCc2ccc(S(=O)(=O)Nc3cc(C(C)(C)C)on3)cc2C1. The van der Waals surface area contributed by atoms with E-state index < -0.39 is 23.1 Å². The largest absolute Gasteiger partial charge is 0.472 e. The molecule has 194 valence electrons. The maximum atomic E-state index is 13.0. The van der Waals surface area contributed by atoms with Crippen molar-refractivity contribution in [1.82, 2.24) is 15.0 Å². The summed E-state index contributed by atoms with van der Waals surface area (Å²) in [5, 5.41) is 3.85. The Balaban J connectivity index is 1.47. The third-order valence-corrected chi connectivity index (χ3v) is 7.52. The van der Waals surface area contributed by atoms with Gasteiger partial charge in [0, 0.05) is 42.9 Å². The molecule has 1 aliphatic heterocycles. The predicted molar refractivity (Wildman–Crippen MR) is 131 cm³/mol. The van der Waals surface area contributed by atoms with Gasteiger partial charge >= 0.3 is 0 Å². The fraction of sp³-hybridized carbons (Fsp3) is 0.440. The van der Waals surface area contributed by atoms with Crippen LogP contribution >= 0.6 is 0 Å². The van der Waals surface area contributed by atoms with Gasteiger partial charge in [0.15, 0.2) is 12.4 Å². The number of nitrogens with one attached hydrogen (secondary N) is 1. The van der Waals surface area contributed by atoms with E-state index in [4.69, 9.17) is 9.26 Å². The molecule has 3 heterocycles. The second-order valence-electron chi connectivity index (χ2n) is 9.89. The Kier molecular flexibility index (Phi) is 7.33. The van der Waals surface area contributed by atoms with Crippen LogP contribution in [0.2, 0.25) is 0 Å². The third kappa shape index (κ3) is 6.01. The molecular weight excluding hydrogens is 490 g/mol. The molecule has 8 nitrogen and oxygen atoms in total. The van der Waals surface area contributed by atoms with Crippen molar-refractivity contribution in [3.8, 4) is 5.88 Å². The number of sulfonamides is 1. The molecule has 1 aromatic carbocycles. The molecule has 4 rings (SSSR count). The molecule has 0 saturated heterocycles. The van der Waals surface area contributed by atoms with Crippen molar-refractivity contribution < 1.29 is 26.5 Å². The van der Waals surface area contributed by atoms with E-state index in [1.54, 1.807) is 30.5 Å². The van der Waals surface area contributed by atoms with Crippen LogP contribution in [-0.4, -0.2) is 43.0 Å². The topological polar surface area (TPSA) is 97.6 Å². The second kappa shape index (κ2) is 10.1. The van der Waals surface area contributed by atoms with Gasteiger partial charge in [-0.2, -0.15) is 0 Å². The van der Waals surface area contributed by atoms with Crippen LogP contribution in [-0.2, 0) is 28.4 Å². The lowest BCUT2D eigenvalue weighted by Gasteiger charge is -2.34. The zero-order valence-corrected chi connectivity index (χ0v) is 21.5. The number of nitrogens with zero attached hydrogens (tertiary/aromatic N) is 3. The fourth-order valence-electron chi connectivity index (χ4n) is 4.01. The molecule has 3 aromatic rings. The zero-order chi connectivity index (χ0) is 26.1. The van der Waals surface area contributed by atoms with Crippen LogP contribution in [0.3, 0.4) is 0 Å². The van der Waals surface area contributed by atoms with Gasteiger partial charge in [-0.25, -0.2) is 22.2 Å². The van der Waals surface area contributed by atoms with Crippen molar-refractivity contribution in [1.29, 1.82) is 0 Å². The summed E-state index contributed by atoms with van der Waals surface area (Å²) in [5.74, 6) is 0.874. The molecule has 1 aliphatic rings. The van der Waals surface area contributed by atoms with E-state index in [0.29, 0.717) is 12.3 Å². The Morgan fingerprint density at radius 1 is 1.17 bits per heavy atom. The average Bonchev–Trinajstić information content (AvgIpc) is 3.30. The van der Waals surface area contributed by atoms with E-state index in [0.717, 1.165) is 29.7 Å². The zero-order valence-electron chi connectivity index (χ0n) is 20.7. The molecule has 2 aromatic heterocycles. The van der Waals surface area contributed by atoms with Gasteiger partial charge < -0.3 is 9.26 Å². The van der Waals surface area contributed by atoms with Crippen molar-refractivity contribution in [2.75, 3.05) is 17.9 Å². The molecule has 0 saturated carbocycles. The highest BCUT2D eigenvalue weighted by molar-refractivity contribution is 7.92. The lowest BCUT2D eigenvalue weighted by molar-refractivity contribution is 0.0795. The van der Waals surface area contributed by atoms with Crippen LogP contribution in [0, 0.1) is 0 Å². The Bertz CT molecular complexity index is 1300. The molecule has 1 atom stereocenters. The first-order valence-corrected chi connectivity index (χ1v) is 13.1. The molecule has 0 radical (unpaired) electrons. The molecule has 0 spiro atoms. The van der Waals surface area contributed by atoms with Crippen LogP contribution in [0.4, 0.5) is 14.6 Å². The average molecular weight is 521 g/mol. The van der Waals surface area contributed by atoms with Crippen molar-refractivity contribution in [3.05, 3.63) is 65.0 Å². The summed E-state index contributed by atoms with van der Waals surface area (Å²) >= 11 is 0. The van der Waals surface area contributed by atoms with E-state index >= 15 is 0 Å². The first-order valence-electron chi connectivity index (χ1n) is 11.6. The molecule has 11 heteroatoms. The number of fused-ring (bicyclic) bond motifs is 1. The summed E-state index contributed by atoms with van der Waals surface area (Å²) in [5.41, 5.74) is 2.64. The van der Waals surface area contributed by atoms with Gasteiger partial charge in [-0.3, -0.25) is 9.62 Å². The van der Waals surface area contributed by atoms with Crippen molar-refractivity contribution in [3.63, 3.8) is 0 Å². The number of alkyl halides is 2.